The van der Waals surface area contributed by atoms with Gasteiger partial charge in [-0.15, -0.1) is 11.6 Å². The van der Waals surface area contributed by atoms with Gasteiger partial charge in [-0.2, -0.15) is 0 Å². The fraction of sp³-hybridized carbons (Fsp3) is 0.214. The van der Waals surface area contributed by atoms with Gasteiger partial charge in [0.2, 0.25) is 0 Å². The molecule has 0 N–H and O–H groups in total. The topological polar surface area (TPSA) is 43.6 Å². The molecule has 0 fully saturated rings. The summed E-state index contributed by atoms with van der Waals surface area (Å²) in [4.78, 5) is 12.8. The number of hydrogen-bond acceptors (Lipinski definition) is 3. The smallest absolute Gasteiger partial charge is 0.125 e. The average Bonchev–Trinajstić information content (AvgIpc) is 2.76. The highest BCUT2D eigenvalue weighted by Gasteiger charge is 2.11. The summed E-state index contributed by atoms with van der Waals surface area (Å²) < 4.78 is 15.3. The third-order valence-corrected chi connectivity index (χ3v) is 3.30. The maximum Gasteiger partial charge on any atom is 0.125 e. The molecule has 0 amide bonds. The lowest BCUT2D eigenvalue weighted by Gasteiger charge is -2.07. The van der Waals surface area contributed by atoms with Crippen LogP contribution >= 0.6 is 11.6 Å². The van der Waals surface area contributed by atoms with Gasteiger partial charge in [0.25, 0.3) is 0 Å². The molecule has 0 aliphatic carbocycles. The molecule has 3 aromatic rings. The number of aryl methyl sites for hydroxylation is 1. The Kier molecular flexibility index (Phi) is 3.36. The molecule has 3 rings (SSSR count). The highest BCUT2D eigenvalue weighted by molar-refractivity contribution is 6.16. The van der Waals surface area contributed by atoms with Crippen molar-refractivity contribution >= 4 is 22.6 Å². The van der Waals surface area contributed by atoms with Crippen molar-refractivity contribution in [3.63, 3.8) is 0 Å². The SMILES string of the molecule is Cc1nccc(Cn2c(CCl)nc3ccc(F)cc32)n1. The lowest BCUT2D eigenvalue weighted by molar-refractivity contribution is 0.628. The number of benzene rings is 1. The second kappa shape index (κ2) is 5.17. The van der Waals surface area contributed by atoms with Crippen LogP contribution in [-0.2, 0) is 12.4 Å². The Balaban J connectivity index is 2.11. The normalized spacial score (nSPS) is 11.2. The summed E-state index contributed by atoms with van der Waals surface area (Å²) in [6.45, 7) is 2.32. The van der Waals surface area contributed by atoms with Gasteiger partial charge in [-0.25, -0.2) is 19.3 Å². The van der Waals surface area contributed by atoms with Crippen molar-refractivity contribution in [2.75, 3.05) is 0 Å². The third-order valence-electron chi connectivity index (χ3n) is 3.06. The quantitative estimate of drug-likeness (QED) is 0.696. The van der Waals surface area contributed by atoms with Crippen molar-refractivity contribution in [3.8, 4) is 0 Å². The predicted octanol–water partition coefficient (Wildman–Crippen LogP) is 3.06. The summed E-state index contributed by atoms with van der Waals surface area (Å²) in [6, 6.07) is 6.34. The Bertz CT molecular complexity index is 769. The fourth-order valence-corrected chi connectivity index (χ4v) is 2.38. The molecule has 0 saturated heterocycles. The molecular weight excluding hydrogens is 279 g/mol. The van der Waals surface area contributed by atoms with Gasteiger partial charge in [0.1, 0.15) is 17.5 Å². The molecule has 0 aliphatic heterocycles. The van der Waals surface area contributed by atoms with Crippen molar-refractivity contribution in [3.05, 3.63) is 53.6 Å². The monoisotopic (exact) mass is 290 g/mol. The van der Waals surface area contributed by atoms with Gasteiger partial charge in [0, 0.05) is 6.20 Å². The number of nitrogens with zero attached hydrogens (tertiary/aromatic N) is 4. The molecule has 102 valence electrons. The average molecular weight is 291 g/mol. The molecule has 0 aliphatic rings. The molecule has 0 bridgehead atoms. The van der Waals surface area contributed by atoms with Gasteiger partial charge in [0.05, 0.1) is 29.2 Å². The highest BCUT2D eigenvalue weighted by atomic mass is 35.5. The number of alkyl halides is 1. The number of halogens is 2. The van der Waals surface area contributed by atoms with Crippen LogP contribution in [0.3, 0.4) is 0 Å². The Morgan fingerprint density at radius 1 is 1.25 bits per heavy atom. The van der Waals surface area contributed by atoms with E-state index < -0.39 is 0 Å². The molecule has 0 radical (unpaired) electrons. The lowest BCUT2D eigenvalue weighted by atomic mass is 10.3. The standard InChI is InChI=1S/C14H12ClFN4/c1-9-17-5-4-11(18-9)8-20-13-6-10(16)2-3-12(13)19-14(20)7-15/h2-6H,7-8H2,1H3. The second-order valence-corrected chi connectivity index (χ2v) is 4.74. The molecule has 0 saturated carbocycles. The Morgan fingerprint density at radius 3 is 2.85 bits per heavy atom. The molecule has 1 aromatic carbocycles. The molecule has 6 heteroatoms. The van der Waals surface area contributed by atoms with Crippen LogP contribution in [0.15, 0.2) is 30.5 Å². The van der Waals surface area contributed by atoms with Crippen LogP contribution in [0, 0.1) is 12.7 Å². The van der Waals surface area contributed by atoms with E-state index in [0.717, 1.165) is 16.7 Å². The van der Waals surface area contributed by atoms with Crippen LogP contribution < -0.4 is 0 Å². The lowest BCUT2D eigenvalue weighted by Crippen LogP contribution is -2.06. The van der Waals surface area contributed by atoms with E-state index in [1.807, 2.05) is 17.6 Å². The minimum atomic E-state index is -0.293. The van der Waals surface area contributed by atoms with E-state index in [4.69, 9.17) is 11.6 Å². The first-order chi connectivity index (χ1) is 9.67. The highest BCUT2D eigenvalue weighted by Crippen LogP contribution is 2.20. The maximum absolute atomic E-state index is 13.4. The van der Waals surface area contributed by atoms with Crippen LogP contribution in [0.25, 0.3) is 11.0 Å². The Hall–Kier alpha value is -2.01. The summed E-state index contributed by atoms with van der Waals surface area (Å²) in [7, 11) is 0. The molecule has 4 nitrogen and oxygen atoms in total. The van der Waals surface area contributed by atoms with Gasteiger partial charge >= 0.3 is 0 Å². The van der Waals surface area contributed by atoms with Crippen LogP contribution in [0.1, 0.15) is 17.3 Å². The first kappa shape index (κ1) is 13.0. The first-order valence-corrected chi connectivity index (χ1v) is 6.70. The van der Waals surface area contributed by atoms with E-state index in [9.17, 15) is 4.39 Å². The van der Waals surface area contributed by atoms with Crippen molar-refractivity contribution in [2.45, 2.75) is 19.3 Å². The third kappa shape index (κ3) is 2.36. The van der Waals surface area contributed by atoms with E-state index >= 15 is 0 Å². The molecule has 0 spiro atoms. The van der Waals surface area contributed by atoms with Crippen LogP contribution in [0.4, 0.5) is 4.39 Å². The van der Waals surface area contributed by atoms with E-state index in [1.165, 1.54) is 12.1 Å². The van der Waals surface area contributed by atoms with Crippen LogP contribution in [-0.4, -0.2) is 19.5 Å². The minimum Gasteiger partial charge on any atom is -0.321 e. The molecule has 2 aromatic heterocycles. The second-order valence-electron chi connectivity index (χ2n) is 4.48. The zero-order valence-electron chi connectivity index (χ0n) is 10.8. The van der Waals surface area contributed by atoms with Crippen LogP contribution in [0.2, 0.25) is 0 Å². The maximum atomic E-state index is 13.4. The van der Waals surface area contributed by atoms with Crippen molar-refractivity contribution in [2.24, 2.45) is 0 Å². The van der Waals surface area contributed by atoms with E-state index in [0.29, 0.717) is 18.2 Å². The predicted molar refractivity (Wildman–Crippen MR) is 75.1 cm³/mol. The van der Waals surface area contributed by atoms with Gasteiger partial charge < -0.3 is 4.57 Å². The van der Waals surface area contributed by atoms with Crippen molar-refractivity contribution in [1.82, 2.24) is 19.5 Å². The largest absolute Gasteiger partial charge is 0.321 e. The zero-order valence-corrected chi connectivity index (χ0v) is 11.6. The number of fused-ring (bicyclic) bond motifs is 1. The van der Waals surface area contributed by atoms with Crippen molar-refractivity contribution in [1.29, 1.82) is 0 Å². The van der Waals surface area contributed by atoms with E-state index in [2.05, 4.69) is 15.0 Å². The fourth-order valence-electron chi connectivity index (χ4n) is 2.18. The summed E-state index contributed by atoms with van der Waals surface area (Å²) in [5.41, 5.74) is 2.29. The summed E-state index contributed by atoms with van der Waals surface area (Å²) in [6.07, 6.45) is 1.71. The Labute approximate surface area is 120 Å². The summed E-state index contributed by atoms with van der Waals surface area (Å²) in [5, 5.41) is 0. The van der Waals surface area contributed by atoms with Gasteiger partial charge in [-0.05, 0) is 31.2 Å². The minimum absolute atomic E-state index is 0.264. The number of rotatable bonds is 3. The van der Waals surface area contributed by atoms with Crippen molar-refractivity contribution < 1.29 is 4.39 Å². The van der Waals surface area contributed by atoms with Gasteiger partial charge in [-0.1, -0.05) is 0 Å². The van der Waals surface area contributed by atoms with Crippen LogP contribution in [0.5, 0.6) is 0 Å². The molecule has 0 atom stereocenters. The summed E-state index contributed by atoms with van der Waals surface area (Å²) in [5.74, 6) is 1.37. The van der Waals surface area contributed by atoms with E-state index in [1.54, 1.807) is 12.3 Å². The molecular formula is C14H12ClFN4. The molecule has 0 unspecified atom stereocenters. The van der Waals surface area contributed by atoms with Gasteiger partial charge in [-0.3, -0.25) is 0 Å². The zero-order chi connectivity index (χ0) is 14.1. The first-order valence-electron chi connectivity index (χ1n) is 6.16. The summed E-state index contributed by atoms with van der Waals surface area (Å²) >= 11 is 5.93. The number of aromatic nitrogens is 4. The number of imidazole rings is 1. The molecule has 20 heavy (non-hydrogen) atoms. The Morgan fingerprint density at radius 2 is 2.10 bits per heavy atom. The van der Waals surface area contributed by atoms with E-state index in [-0.39, 0.29) is 11.7 Å². The van der Waals surface area contributed by atoms with Gasteiger partial charge in [0.15, 0.2) is 0 Å². The molecule has 2 heterocycles. The number of hydrogen-bond donors (Lipinski definition) is 0.